The first-order valence-corrected chi connectivity index (χ1v) is 12.4. The second-order valence-corrected chi connectivity index (χ2v) is 9.92. The van der Waals surface area contributed by atoms with Gasteiger partial charge in [-0.1, -0.05) is 29.4 Å². The van der Waals surface area contributed by atoms with Crippen LogP contribution in [0.25, 0.3) is 34.0 Å². The van der Waals surface area contributed by atoms with Crippen LogP contribution in [0.4, 0.5) is 8.78 Å². The molecule has 6 rings (SSSR count). The van der Waals surface area contributed by atoms with Crippen LogP contribution in [0.5, 0.6) is 0 Å². The van der Waals surface area contributed by atoms with Crippen molar-refractivity contribution in [1.82, 2.24) is 15.5 Å². The van der Waals surface area contributed by atoms with E-state index < -0.39 is 17.6 Å². The molecule has 0 aliphatic heterocycles. The topological polar surface area (TPSA) is 88.2 Å². The molecule has 3 aromatic carbocycles. The van der Waals surface area contributed by atoms with Crippen LogP contribution >= 0.6 is 0 Å². The Kier molecular flexibility index (Phi) is 5.83. The van der Waals surface area contributed by atoms with Crippen molar-refractivity contribution in [3.63, 3.8) is 0 Å². The molecule has 188 valence electrons. The Balaban J connectivity index is 1.19. The summed E-state index contributed by atoms with van der Waals surface area (Å²) in [6, 6.07) is 15.6. The number of aryl methyl sites for hydroxylation is 2. The summed E-state index contributed by atoms with van der Waals surface area (Å²) in [5.41, 5.74) is 5.09. The molecule has 0 bridgehead atoms. The number of hydrogen-bond donors (Lipinski definition) is 2. The van der Waals surface area contributed by atoms with E-state index in [1.807, 2.05) is 6.07 Å². The zero-order chi connectivity index (χ0) is 25.7. The normalized spacial score (nSPS) is 20.5. The van der Waals surface area contributed by atoms with Crippen molar-refractivity contribution in [3.8, 4) is 34.0 Å². The van der Waals surface area contributed by atoms with E-state index in [1.54, 1.807) is 25.1 Å². The van der Waals surface area contributed by atoms with Crippen molar-refractivity contribution >= 4 is 5.97 Å². The molecule has 2 aliphatic carbocycles. The second kappa shape index (κ2) is 9.19. The minimum absolute atomic E-state index is 0.0530. The average Bonchev–Trinajstić information content (AvgIpc) is 3.49. The number of carbonyl (C=O) groups is 1. The van der Waals surface area contributed by atoms with Gasteiger partial charge in [0.1, 0.15) is 11.6 Å². The summed E-state index contributed by atoms with van der Waals surface area (Å²) in [5, 5.41) is 16.9. The highest BCUT2D eigenvalue weighted by atomic mass is 19.1. The van der Waals surface area contributed by atoms with E-state index >= 15 is 0 Å². The van der Waals surface area contributed by atoms with Crippen molar-refractivity contribution in [2.75, 3.05) is 0 Å². The fourth-order valence-corrected chi connectivity index (χ4v) is 5.46. The van der Waals surface area contributed by atoms with Crippen molar-refractivity contribution in [2.45, 2.75) is 44.7 Å². The number of aliphatic carboxylic acids is 1. The second-order valence-electron chi connectivity index (χ2n) is 9.92. The lowest BCUT2D eigenvalue weighted by Gasteiger charge is -2.35. The van der Waals surface area contributed by atoms with Gasteiger partial charge in [0.25, 0.3) is 5.89 Å². The molecule has 1 atom stereocenters. The maximum Gasteiger partial charge on any atom is 0.306 e. The number of halogens is 2. The van der Waals surface area contributed by atoms with Gasteiger partial charge in [0.2, 0.25) is 5.82 Å². The van der Waals surface area contributed by atoms with Crippen LogP contribution in [-0.4, -0.2) is 27.3 Å². The van der Waals surface area contributed by atoms with Crippen LogP contribution in [0.1, 0.15) is 42.0 Å². The predicted molar refractivity (Wildman–Crippen MR) is 134 cm³/mol. The first-order chi connectivity index (χ1) is 17.9. The summed E-state index contributed by atoms with van der Waals surface area (Å²) in [6.07, 6.45) is 3.26. The summed E-state index contributed by atoms with van der Waals surface area (Å²) in [7, 11) is 0. The first-order valence-electron chi connectivity index (χ1n) is 12.4. The summed E-state index contributed by atoms with van der Waals surface area (Å²) < 4.78 is 34.1. The van der Waals surface area contributed by atoms with E-state index in [9.17, 15) is 13.6 Å². The average molecular weight is 502 g/mol. The number of fused-ring (bicyclic) bond motifs is 1. The molecule has 0 amide bonds. The maximum atomic E-state index is 14.3. The number of carboxylic acids is 1. The number of benzene rings is 3. The van der Waals surface area contributed by atoms with Crippen molar-refractivity contribution in [3.05, 3.63) is 82.9 Å². The highest BCUT2D eigenvalue weighted by molar-refractivity contribution is 5.73. The lowest BCUT2D eigenvalue weighted by Crippen LogP contribution is -2.45. The van der Waals surface area contributed by atoms with Gasteiger partial charge in [-0.15, -0.1) is 0 Å². The number of nitrogens with one attached hydrogen (secondary N) is 1. The third-order valence-electron chi connectivity index (χ3n) is 7.53. The van der Waals surface area contributed by atoms with Crippen molar-refractivity contribution in [2.24, 2.45) is 5.92 Å². The van der Waals surface area contributed by atoms with Gasteiger partial charge >= 0.3 is 5.97 Å². The molecule has 0 spiro atoms. The third kappa shape index (κ3) is 4.31. The predicted octanol–water partition coefficient (Wildman–Crippen LogP) is 6.10. The molecule has 0 saturated heterocycles. The minimum atomic E-state index is -0.709. The lowest BCUT2D eigenvalue weighted by atomic mass is 9.80. The van der Waals surface area contributed by atoms with Gasteiger partial charge in [0.05, 0.1) is 11.5 Å². The molecular formula is C29H25F2N3O3. The minimum Gasteiger partial charge on any atom is -0.481 e. The Morgan fingerprint density at radius 2 is 1.81 bits per heavy atom. The quantitative estimate of drug-likeness (QED) is 0.332. The summed E-state index contributed by atoms with van der Waals surface area (Å²) >= 11 is 0. The molecule has 8 heteroatoms. The number of hydrogen-bond acceptors (Lipinski definition) is 5. The van der Waals surface area contributed by atoms with Gasteiger partial charge in [0, 0.05) is 23.2 Å². The smallest absolute Gasteiger partial charge is 0.306 e. The van der Waals surface area contributed by atoms with Gasteiger partial charge in [-0.05, 0) is 85.2 Å². The third-order valence-corrected chi connectivity index (χ3v) is 7.53. The molecule has 0 radical (unpaired) electrons. The summed E-state index contributed by atoms with van der Waals surface area (Å²) in [4.78, 5) is 15.6. The van der Waals surface area contributed by atoms with Crippen LogP contribution in [0.15, 0.2) is 59.1 Å². The molecule has 1 saturated carbocycles. The molecule has 37 heavy (non-hydrogen) atoms. The van der Waals surface area contributed by atoms with Gasteiger partial charge < -0.3 is 14.9 Å². The van der Waals surface area contributed by atoms with E-state index in [2.05, 4.69) is 27.6 Å². The molecule has 1 heterocycles. The van der Waals surface area contributed by atoms with Crippen molar-refractivity contribution < 1.29 is 23.2 Å². The van der Waals surface area contributed by atoms with E-state index in [1.165, 1.54) is 29.3 Å². The first kappa shape index (κ1) is 23.5. The zero-order valence-corrected chi connectivity index (χ0v) is 20.2. The van der Waals surface area contributed by atoms with Gasteiger partial charge in [-0.3, -0.25) is 4.79 Å². The van der Waals surface area contributed by atoms with Crippen LogP contribution in [0, 0.1) is 24.5 Å². The largest absolute Gasteiger partial charge is 0.481 e. The Bertz CT molecular complexity index is 1490. The standard InChI is InChI=1S/C29H25F2N3O3/c1-15-11-18(6-8-21(15)26-23(30)3-2-4-24(26)31)28-33-27(34-37-28)17-5-9-22-16(12-17)7-10-25(22)32-20-13-19(14-20)29(35)36/h2-6,8-9,11-12,19-20,25,32H,7,10,13-14H2,1H3,(H,35,36). The number of rotatable bonds is 6. The molecule has 1 unspecified atom stereocenters. The molecule has 6 nitrogen and oxygen atoms in total. The van der Waals surface area contributed by atoms with Crippen LogP contribution < -0.4 is 5.32 Å². The van der Waals surface area contributed by atoms with Crippen LogP contribution in [0.2, 0.25) is 0 Å². The molecule has 2 N–H and O–H groups in total. The fourth-order valence-electron chi connectivity index (χ4n) is 5.46. The lowest BCUT2D eigenvalue weighted by molar-refractivity contribution is -0.145. The summed E-state index contributed by atoms with van der Waals surface area (Å²) in [6.45, 7) is 1.79. The van der Waals surface area contributed by atoms with E-state index in [0.29, 0.717) is 41.2 Å². The highest BCUT2D eigenvalue weighted by Crippen LogP contribution is 2.38. The molecule has 4 aromatic rings. The van der Waals surface area contributed by atoms with Gasteiger partial charge in [-0.25, -0.2) is 8.78 Å². The monoisotopic (exact) mass is 501 g/mol. The SMILES string of the molecule is Cc1cc(-c2nc(-c3ccc4c(c3)CCC4NC3CC(C(=O)O)C3)no2)ccc1-c1c(F)cccc1F. The Morgan fingerprint density at radius 3 is 2.54 bits per heavy atom. The highest BCUT2D eigenvalue weighted by Gasteiger charge is 2.36. The number of aromatic nitrogens is 2. The Morgan fingerprint density at radius 1 is 1.05 bits per heavy atom. The molecule has 1 fully saturated rings. The van der Waals surface area contributed by atoms with E-state index in [0.717, 1.165) is 18.4 Å². The Labute approximate surface area is 212 Å². The van der Waals surface area contributed by atoms with E-state index in [-0.39, 0.29) is 23.6 Å². The van der Waals surface area contributed by atoms with Crippen molar-refractivity contribution in [1.29, 1.82) is 0 Å². The molecule has 1 aromatic heterocycles. The van der Waals surface area contributed by atoms with E-state index in [4.69, 9.17) is 9.63 Å². The zero-order valence-electron chi connectivity index (χ0n) is 20.2. The van der Waals surface area contributed by atoms with Crippen LogP contribution in [0.3, 0.4) is 0 Å². The maximum absolute atomic E-state index is 14.3. The summed E-state index contributed by atoms with van der Waals surface area (Å²) in [5.74, 6) is -1.35. The number of carboxylic acid groups (broad SMARTS) is 1. The Hall–Kier alpha value is -3.91. The number of nitrogens with zero attached hydrogens (tertiary/aromatic N) is 2. The fraction of sp³-hybridized carbons (Fsp3) is 0.276. The van der Waals surface area contributed by atoms with Crippen LogP contribution in [-0.2, 0) is 11.2 Å². The van der Waals surface area contributed by atoms with Gasteiger partial charge in [-0.2, -0.15) is 4.98 Å². The molecular weight excluding hydrogens is 476 g/mol. The van der Waals surface area contributed by atoms with Gasteiger partial charge in [0.15, 0.2) is 0 Å². The molecule has 2 aliphatic rings.